The lowest BCUT2D eigenvalue weighted by atomic mass is 9.97. The Bertz CT molecular complexity index is 1160. The molecule has 1 fully saturated rings. The molecule has 3 aromatic heterocycles. The molecule has 0 radical (unpaired) electrons. The van der Waals surface area contributed by atoms with Crippen LogP contribution in [0.1, 0.15) is 30.1 Å². The number of hydrogen-bond donors (Lipinski definition) is 1. The van der Waals surface area contributed by atoms with E-state index in [9.17, 15) is 13.2 Å². The molecular formula is C20H24N6O5S. The van der Waals surface area contributed by atoms with E-state index in [1.54, 1.807) is 32.3 Å². The number of carbonyl (C=O) groups excluding carboxylic acids is 1. The number of rotatable bonds is 7. The molecule has 1 saturated heterocycles. The lowest BCUT2D eigenvalue weighted by Gasteiger charge is -2.30. The van der Waals surface area contributed by atoms with E-state index in [2.05, 4.69) is 25.6 Å². The van der Waals surface area contributed by atoms with Gasteiger partial charge in [0.15, 0.2) is 11.6 Å². The first-order chi connectivity index (χ1) is 15.4. The van der Waals surface area contributed by atoms with Gasteiger partial charge in [-0.15, -0.1) is 0 Å². The summed E-state index contributed by atoms with van der Waals surface area (Å²) in [6.45, 7) is 4.08. The van der Waals surface area contributed by atoms with E-state index in [1.807, 2.05) is 6.07 Å². The van der Waals surface area contributed by atoms with Crippen LogP contribution in [0, 0.1) is 19.8 Å². The molecule has 0 aromatic carbocycles. The van der Waals surface area contributed by atoms with Crippen molar-refractivity contribution in [3.63, 3.8) is 0 Å². The minimum atomic E-state index is -3.69. The quantitative estimate of drug-likeness (QED) is 0.554. The third kappa shape index (κ3) is 4.55. The number of nitrogens with one attached hydrogen (secondary N) is 1. The van der Waals surface area contributed by atoms with E-state index in [-0.39, 0.29) is 35.6 Å². The second kappa shape index (κ2) is 9.17. The topological polar surface area (TPSA) is 144 Å². The molecule has 0 bridgehead atoms. The van der Waals surface area contributed by atoms with Crippen molar-refractivity contribution in [3.05, 3.63) is 41.8 Å². The molecule has 1 aliphatic heterocycles. The van der Waals surface area contributed by atoms with Crippen LogP contribution in [0.4, 0.5) is 0 Å². The molecular weight excluding hydrogens is 436 g/mol. The van der Waals surface area contributed by atoms with Crippen LogP contribution in [0.2, 0.25) is 0 Å². The molecule has 12 heteroatoms. The summed E-state index contributed by atoms with van der Waals surface area (Å²) in [7, 11) is -3.69. The summed E-state index contributed by atoms with van der Waals surface area (Å²) < 4.78 is 37.4. The molecule has 4 rings (SSSR count). The monoisotopic (exact) mass is 460 g/mol. The minimum absolute atomic E-state index is 0.102. The standard InChI is InChI=1S/C20H24N6O5S/c1-13-18(14(2)30-24-13)32(28,29)26-10-6-15(7-11-26)19(27)22-9-5-17-23-20(31-25-17)16-4-3-8-21-12-16/h3-4,8,12,15H,5-7,9-11H2,1-2H3,(H,22,27). The predicted octanol–water partition coefficient (Wildman–Crippen LogP) is 1.50. The highest BCUT2D eigenvalue weighted by molar-refractivity contribution is 7.89. The Labute approximate surface area is 185 Å². The maximum Gasteiger partial charge on any atom is 0.259 e. The van der Waals surface area contributed by atoms with E-state index in [0.29, 0.717) is 43.2 Å². The molecule has 0 saturated carbocycles. The van der Waals surface area contributed by atoms with Gasteiger partial charge in [-0.2, -0.15) is 9.29 Å². The zero-order valence-electron chi connectivity index (χ0n) is 17.8. The summed E-state index contributed by atoms with van der Waals surface area (Å²) in [4.78, 5) is 21.0. The van der Waals surface area contributed by atoms with Gasteiger partial charge in [-0.1, -0.05) is 10.3 Å². The minimum Gasteiger partial charge on any atom is -0.360 e. The Balaban J connectivity index is 1.26. The fraction of sp³-hybridized carbons (Fsp3) is 0.450. The lowest BCUT2D eigenvalue weighted by molar-refractivity contribution is -0.126. The third-order valence-corrected chi connectivity index (χ3v) is 7.56. The zero-order chi connectivity index (χ0) is 22.7. The first-order valence-corrected chi connectivity index (χ1v) is 11.7. The molecule has 1 aliphatic rings. The van der Waals surface area contributed by atoms with Crippen LogP contribution < -0.4 is 5.32 Å². The maximum atomic E-state index is 12.9. The zero-order valence-corrected chi connectivity index (χ0v) is 18.6. The smallest absolute Gasteiger partial charge is 0.259 e. The van der Waals surface area contributed by atoms with Crippen LogP contribution in [0.25, 0.3) is 11.5 Å². The van der Waals surface area contributed by atoms with Gasteiger partial charge in [-0.3, -0.25) is 9.78 Å². The van der Waals surface area contributed by atoms with Gasteiger partial charge >= 0.3 is 0 Å². The number of aryl methyl sites for hydroxylation is 2. The number of hydrogen-bond acceptors (Lipinski definition) is 9. The van der Waals surface area contributed by atoms with Crippen molar-refractivity contribution in [1.29, 1.82) is 0 Å². The number of carbonyl (C=O) groups is 1. The van der Waals surface area contributed by atoms with Gasteiger partial charge in [0.1, 0.15) is 10.6 Å². The normalized spacial score (nSPS) is 15.7. The fourth-order valence-electron chi connectivity index (χ4n) is 3.73. The molecule has 0 spiro atoms. The van der Waals surface area contributed by atoms with Crippen molar-refractivity contribution < 1.29 is 22.3 Å². The van der Waals surface area contributed by atoms with Crippen molar-refractivity contribution in [3.8, 4) is 11.5 Å². The average Bonchev–Trinajstić information content (AvgIpc) is 3.41. The summed E-state index contributed by atoms with van der Waals surface area (Å²) in [5.74, 6) is 0.795. The summed E-state index contributed by atoms with van der Waals surface area (Å²) in [6.07, 6.45) is 4.61. The van der Waals surface area contributed by atoms with Crippen molar-refractivity contribution in [2.75, 3.05) is 19.6 Å². The van der Waals surface area contributed by atoms with Gasteiger partial charge < -0.3 is 14.4 Å². The van der Waals surface area contributed by atoms with Gasteiger partial charge in [-0.05, 0) is 38.8 Å². The second-order valence-electron chi connectivity index (χ2n) is 7.63. The van der Waals surface area contributed by atoms with Crippen LogP contribution in [0.5, 0.6) is 0 Å². The number of nitrogens with zero attached hydrogens (tertiary/aromatic N) is 5. The summed E-state index contributed by atoms with van der Waals surface area (Å²) in [5.41, 5.74) is 1.07. The molecule has 4 heterocycles. The van der Waals surface area contributed by atoms with Crippen LogP contribution in [0.3, 0.4) is 0 Å². The first kappa shape index (κ1) is 22.1. The highest BCUT2D eigenvalue weighted by Gasteiger charge is 2.35. The highest BCUT2D eigenvalue weighted by atomic mass is 32.2. The van der Waals surface area contributed by atoms with Crippen molar-refractivity contribution in [2.45, 2.75) is 38.0 Å². The van der Waals surface area contributed by atoms with Crippen LogP contribution >= 0.6 is 0 Å². The first-order valence-electron chi connectivity index (χ1n) is 10.3. The van der Waals surface area contributed by atoms with Crippen molar-refractivity contribution in [1.82, 2.24) is 29.9 Å². The molecule has 1 N–H and O–H groups in total. The van der Waals surface area contributed by atoms with Gasteiger partial charge in [-0.25, -0.2) is 8.42 Å². The maximum absolute atomic E-state index is 12.9. The van der Waals surface area contributed by atoms with E-state index in [4.69, 9.17) is 9.05 Å². The van der Waals surface area contributed by atoms with E-state index >= 15 is 0 Å². The highest BCUT2D eigenvalue weighted by Crippen LogP contribution is 2.27. The Morgan fingerprint density at radius 2 is 2.00 bits per heavy atom. The van der Waals surface area contributed by atoms with E-state index in [1.165, 1.54) is 4.31 Å². The number of piperidine rings is 1. The predicted molar refractivity (Wildman–Crippen MR) is 112 cm³/mol. The Kier molecular flexibility index (Phi) is 6.33. The van der Waals surface area contributed by atoms with Crippen molar-refractivity contribution >= 4 is 15.9 Å². The SMILES string of the molecule is Cc1noc(C)c1S(=O)(=O)N1CCC(C(=O)NCCc2noc(-c3cccnc3)n2)CC1. The Hall–Kier alpha value is -3.12. The molecule has 1 amide bonds. The lowest BCUT2D eigenvalue weighted by Crippen LogP contribution is -2.43. The fourth-order valence-corrected chi connectivity index (χ4v) is 5.50. The number of amides is 1. The van der Waals surface area contributed by atoms with E-state index < -0.39 is 10.0 Å². The molecule has 170 valence electrons. The molecule has 3 aromatic rings. The number of pyridine rings is 1. The van der Waals surface area contributed by atoms with Crippen LogP contribution in [0.15, 0.2) is 38.5 Å². The van der Waals surface area contributed by atoms with Gasteiger partial charge in [0, 0.05) is 44.4 Å². The van der Waals surface area contributed by atoms with Gasteiger partial charge in [0.2, 0.25) is 15.9 Å². The summed E-state index contributed by atoms with van der Waals surface area (Å²) in [5, 5.41) is 10.5. The van der Waals surface area contributed by atoms with Crippen LogP contribution in [-0.2, 0) is 21.2 Å². The average molecular weight is 461 g/mol. The van der Waals surface area contributed by atoms with Crippen LogP contribution in [-0.4, -0.2) is 58.5 Å². The molecule has 0 unspecified atom stereocenters. The molecule has 0 aliphatic carbocycles. The Morgan fingerprint density at radius 3 is 2.66 bits per heavy atom. The van der Waals surface area contributed by atoms with Gasteiger partial charge in [0.05, 0.1) is 5.56 Å². The van der Waals surface area contributed by atoms with E-state index in [0.717, 1.165) is 5.56 Å². The number of sulfonamides is 1. The molecule has 0 atom stereocenters. The molecule has 32 heavy (non-hydrogen) atoms. The Morgan fingerprint density at radius 1 is 1.22 bits per heavy atom. The molecule has 11 nitrogen and oxygen atoms in total. The number of aromatic nitrogens is 4. The summed E-state index contributed by atoms with van der Waals surface area (Å²) in [6, 6.07) is 3.61. The van der Waals surface area contributed by atoms with Gasteiger partial charge in [0.25, 0.3) is 5.89 Å². The third-order valence-electron chi connectivity index (χ3n) is 5.41. The second-order valence-corrected chi connectivity index (χ2v) is 9.50. The van der Waals surface area contributed by atoms with Crippen molar-refractivity contribution in [2.24, 2.45) is 5.92 Å². The largest absolute Gasteiger partial charge is 0.360 e. The summed E-state index contributed by atoms with van der Waals surface area (Å²) >= 11 is 0.